The lowest BCUT2D eigenvalue weighted by atomic mass is 9.79. The van der Waals surface area contributed by atoms with Gasteiger partial charge in [-0.05, 0) is 71.4 Å². The number of esters is 2. The largest absolute Gasteiger partial charge is 0.595 e. The van der Waals surface area contributed by atoms with Gasteiger partial charge in [0.25, 0.3) is 0 Å². The quantitative estimate of drug-likeness (QED) is 0.352. The van der Waals surface area contributed by atoms with Crippen LogP contribution in [0.15, 0.2) is 71.1 Å². The summed E-state index contributed by atoms with van der Waals surface area (Å²) in [6.07, 6.45) is 0. The van der Waals surface area contributed by atoms with Crippen molar-refractivity contribution < 1.29 is 29.5 Å². The molecule has 9 heteroatoms. The van der Waals surface area contributed by atoms with Crippen LogP contribution in [0, 0.1) is 5.21 Å². The molecule has 0 spiro atoms. The highest BCUT2D eigenvalue weighted by Crippen LogP contribution is 2.45. The summed E-state index contributed by atoms with van der Waals surface area (Å²) in [5.74, 6) is -1.88. The van der Waals surface area contributed by atoms with Gasteiger partial charge in [-0.2, -0.15) is 5.23 Å². The first-order chi connectivity index (χ1) is 18.2. The molecule has 1 heterocycles. The van der Waals surface area contributed by atoms with E-state index in [-0.39, 0.29) is 18.9 Å². The maximum Gasteiger partial charge on any atom is 0.336 e. The van der Waals surface area contributed by atoms with Crippen molar-refractivity contribution in [2.24, 2.45) is 0 Å². The molecule has 2 N–H and O–H groups in total. The van der Waals surface area contributed by atoms with Crippen LogP contribution in [0.3, 0.4) is 0 Å². The summed E-state index contributed by atoms with van der Waals surface area (Å²) in [5, 5.41) is 19.7. The zero-order chi connectivity index (χ0) is 28.0. The minimum absolute atomic E-state index is 0.108. The third-order valence-corrected chi connectivity index (χ3v) is 6.75. The number of nitrogens with zero attached hydrogens (tertiary/aromatic N) is 2. The predicted molar refractivity (Wildman–Crippen MR) is 146 cm³/mol. The van der Waals surface area contributed by atoms with Crippen LogP contribution in [-0.4, -0.2) is 43.4 Å². The molecule has 0 aromatic heterocycles. The molecule has 0 aliphatic carbocycles. The lowest BCUT2D eigenvalue weighted by Gasteiger charge is -2.38. The highest BCUT2D eigenvalue weighted by atomic mass is 16.8. The molecule has 1 aliphatic heterocycles. The SMILES string of the molecule is CCOC(=O)C1=C(C)N(c2ccc(N(CC)CC)cc2)C(C)=C(C(=O)OCC)C1c1ccc([NH+]([O-])O)cc1. The third kappa shape index (κ3) is 5.75. The smallest absolute Gasteiger partial charge is 0.336 e. The first-order valence-electron chi connectivity index (χ1n) is 12.9. The molecule has 204 valence electrons. The molecule has 0 amide bonds. The van der Waals surface area contributed by atoms with Gasteiger partial charge >= 0.3 is 11.9 Å². The number of quaternary nitrogens is 1. The standard InChI is InChI=1S/C29H37N3O6/c1-7-30(8-2)22-15-17-23(18-16-22)31-19(5)25(28(33)37-9-3)27(26(20(31)6)29(34)38-10-4)21-11-13-24(14-12-21)32(35)36/h11-18,27,32,35H,7-10H2,1-6H3. The maximum atomic E-state index is 13.4. The highest BCUT2D eigenvalue weighted by Gasteiger charge is 2.41. The van der Waals surface area contributed by atoms with E-state index in [1.54, 1.807) is 26.0 Å². The first kappa shape index (κ1) is 28.9. The molecule has 0 saturated carbocycles. The van der Waals surface area contributed by atoms with Crippen LogP contribution >= 0.6 is 0 Å². The zero-order valence-electron chi connectivity index (χ0n) is 22.9. The average Bonchev–Trinajstić information content (AvgIpc) is 2.90. The van der Waals surface area contributed by atoms with Crippen LogP contribution in [-0.2, 0) is 19.1 Å². The van der Waals surface area contributed by atoms with Crippen LogP contribution < -0.4 is 15.0 Å². The van der Waals surface area contributed by atoms with E-state index in [1.165, 1.54) is 12.1 Å². The number of hydrogen-bond donors (Lipinski definition) is 2. The van der Waals surface area contributed by atoms with E-state index in [9.17, 15) is 20.0 Å². The van der Waals surface area contributed by atoms with Gasteiger partial charge in [-0.25, -0.2) is 14.8 Å². The fourth-order valence-corrected chi connectivity index (χ4v) is 4.94. The number of allylic oxidation sites excluding steroid dienone is 2. The number of ether oxygens (including phenoxy) is 2. The van der Waals surface area contributed by atoms with E-state index in [0.29, 0.717) is 28.1 Å². The van der Waals surface area contributed by atoms with E-state index < -0.39 is 23.1 Å². The number of rotatable bonds is 10. The van der Waals surface area contributed by atoms with E-state index in [2.05, 4.69) is 18.7 Å². The topological polar surface area (TPSA) is 107 Å². The lowest BCUT2D eigenvalue weighted by molar-refractivity contribution is -0.991. The Morgan fingerprint density at radius 3 is 1.74 bits per heavy atom. The average molecular weight is 524 g/mol. The zero-order valence-corrected chi connectivity index (χ0v) is 22.9. The molecule has 3 rings (SSSR count). The Morgan fingerprint density at radius 1 is 0.868 bits per heavy atom. The Kier molecular flexibility index (Phi) is 9.68. The van der Waals surface area contributed by atoms with Crippen molar-refractivity contribution in [3.63, 3.8) is 0 Å². The molecular formula is C29H37N3O6. The molecule has 9 nitrogen and oxygen atoms in total. The predicted octanol–water partition coefficient (Wildman–Crippen LogP) is 4.21. The van der Waals surface area contributed by atoms with Gasteiger partial charge in [-0.3, -0.25) is 0 Å². The number of carbonyl (C=O) groups excluding carboxylic acids is 2. The van der Waals surface area contributed by atoms with Crippen LogP contribution in [0.1, 0.15) is 53.0 Å². The first-order valence-corrected chi connectivity index (χ1v) is 12.9. The van der Waals surface area contributed by atoms with E-state index in [4.69, 9.17) is 9.47 Å². The van der Waals surface area contributed by atoms with E-state index >= 15 is 0 Å². The second kappa shape index (κ2) is 12.7. The molecule has 0 saturated heterocycles. The number of hydrogen-bond acceptors (Lipinski definition) is 8. The molecule has 0 fully saturated rings. The minimum Gasteiger partial charge on any atom is -0.595 e. The monoisotopic (exact) mass is 523 g/mol. The molecule has 0 bridgehead atoms. The summed E-state index contributed by atoms with van der Waals surface area (Å²) in [6.45, 7) is 13.4. The van der Waals surface area contributed by atoms with Gasteiger partial charge in [0.15, 0.2) is 5.69 Å². The minimum atomic E-state index is -1.06. The Balaban J connectivity index is 2.25. The van der Waals surface area contributed by atoms with Crippen molar-refractivity contribution in [1.82, 2.24) is 0 Å². The molecule has 1 unspecified atom stereocenters. The van der Waals surface area contributed by atoms with Gasteiger partial charge in [0.05, 0.1) is 30.3 Å². The van der Waals surface area contributed by atoms with E-state index in [0.717, 1.165) is 24.5 Å². The third-order valence-electron chi connectivity index (χ3n) is 6.75. The van der Waals surface area contributed by atoms with Gasteiger partial charge in [-0.15, -0.1) is 0 Å². The summed E-state index contributed by atoms with van der Waals surface area (Å²) in [6, 6.07) is 14.2. The molecule has 2 aromatic carbocycles. The normalized spacial score (nSPS) is 15.0. The summed E-state index contributed by atoms with van der Waals surface area (Å²) < 4.78 is 10.9. The number of nitrogens with one attached hydrogen (secondary N) is 1. The van der Waals surface area contributed by atoms with Gasteiger partial charge in [-0.1, -0.05) is 12.1 Å². The fourth-order valence-electron chi connectivity index (χ4n) is 4.94. The van der Waals surface area contributed by atoms with Crippen molar-refractivity contribution in [1.29, 1.82) is 0 Å². The van der Waals surface area contributed by atoms with Crippen molar-refractivity contribution in [3.8, 4) is 0 Å². The summed E-state index contributed by atoms with van der Waals surface area (Å²) in [7, 11) is 0. The highest BCUT2D eigenvalue weighted by molar-refractivity contribution is 6.01. The van der Waals surface area contributed by atoms with Crippen LogP contribution in [0.5, 0.6) is 0 Å². The summed E-state index contributed by atoms with van der Waals surface area (Å²) in [4.78, 5) is 30.9. The van der Waals surface area contributed by atoms with Crippen molar-refractivity contribution >= 4 is 29.0 Å². The number of benzene rings is 2. The fraction of sp³-hybridized carbons (Fsp3) is 0.379. The molecule has 1 aliphatic rings. The Bertz CT molecular complexity index is 1160. The summed E-state index contributed by atoms with van der Waals surface area (Å²) in [5.41, 5.74) is 4.42. The lowest BCUT2D eigenvalue weighted by Crippen LogP contribution is -2.99. The van der Waals surface area contributed by atoms with Crippen molar-refractivity contribution in [3.05, 3.63) is 81.8 Å². The van der Waals surface area contributed by atoms with Gasteiger partial charge in [0.2, 0.25) is 0 Å². The van der Waals surface area contributed by atoms with Gasteiger partial charge in [0, 0.05) is 48.0 Å². The Morgan fingerprint density at radius 2 is 1.34 bits per heavy atom. The van der Waals surface area contributed by atoms with Gasteiger partial charge in [0.1, 0.15) is 0 Å². The molecular weight excluding hydrogens is 486 g/mol. The maximum absolute atomic E-state index is 13.4. The number of anilines is 2. The summed E-state index contributed by atoms with van der Waals surface area (Å²) >= 11 is 0. The molecule has 38 heavy (non-hydrogen) atoms. The van der Waals surface area contributed by atoms with Crippen molar-refractivity contribution in [2.75, 3.05) is 36.1 Å². The molecule has 2 aromatic rings. The molecule has 0 radical (unpaired) electrons. The van der Waals surface area contributed by atoms with Crippen LogP contribution in [0.2, 0.25) is 0 Å². The number of carbonyl (C=O) groups is 2. The second-order valence-corrected chi connectivity index (χ2v) is 8.82. The van der Waals surface area contributed by atoms with Crippen LogP contribution in [0.25, 0.3) is 0 Å². The molecule has 1 atom stereocenters. The Hall–Kier alpha value is -3.66. The van der Waals surface area contributed by atoms with E-state index in [1.807, 2.05) is 43.0 Å². The van der Waals surface area contributed by atoms with Gasteiger partial charge < -0.3 is 24.5 Å². The second-order valence-electron chi connectivity index (χ2n) is 8.82. The van der Waals surface area contributed by atoms with Crippen LogP contribution in [0.4, 0.5) is 17.1 Å². The van der Waals surface area contributed by atoms with Crippen molar-refractivity contribution in [2.45, 2.75) is 47.5 Å². The Labute approximate surface area is 224 Å².